The number of likely N-dealkylation sites (tertiary alicyclic amines) is 1. The fourth-order valence-electron chi connectivity index (χ4n) is 2.69. The quantitative estimate of drug-likeness (QED) is 0.804. The van der Waals surface area contributed by atoms with Gasteiger partial charge in [0.15, 0.2) is 0 Å². The Hall–Kier alpha value is -3.16. The number of methoxy groups -OCH3 is 1. The molecule has 3 rings (SSSR count). The summed E-state index contributed by atoms with van der Waals surface area (Å²) in [6.07, 6.45) is 4.50. The van der Waals surface area contributed by atoms with Crippen LogP contribution in [-0.2, 0) is 4.79 Å². The lowest BCUT2D eigenvalue weighted by Gasteiger charge is -2.44. The number of nitrogens with one attached hydrogen (secondary N) is 1. The molecule has 1 N–H and O–H groups in total. The van der Waals surface area contributed by atoms with Crippen molar-refractivity contribution in [3.63, 3.8) is 0 Å². The average molecular weight is 341 g/mol. The molecule has 0 saturated carbocycles. The molecule has 130 valence electrons. The first-order valence-corrected chi connectivity index (χ1v) is 7.77. The smallest absolute Gasteiger partial charge is 0.316 e. The van der Waals surface area contributed by atoms with Crippen molar-refractivity contribution in [3.05, 3.63) is 47.5 Å². The van der Waals surface area contributed by atoms with Gasteiger partial charge in [-0.3, -0.25) is 9.59 Å². The van der Waals surface area contributed by atoms with E-state index in [2.05, 4.69) is 21.5 Å². The molecule has 0 bridgehead atoms. The first-order chi connectivity index (χ1) is 12.0. The van der Waals surface area contributed by atoms with Gasteiger partial charge in [-0.05, 0) is 18.2 Å². The number of anilines is 1. The maximum Gasteiger partial charge on any atom is 0.316 e. The van der Waals surface area contributed by atoms with E-state index in [1.165, 1.54) is 13.2 Å². The minimum atomic E-state index is -0.194. The summed E-state index contributed by atoms with van der Waals surface area (Å²) < 4.78 is 5.04. The van der Waals surface area contributed by atoms with Crippen LogP contribution in [0, 0.1) is 0 Å². The van der Waals surface area contributed by atoms with Gasteiger partial charge in [-0.2, -0.15) is 4.98 Å². The van der Waals surface area contributed by atoms with Gasteiger partial charge in [-0.1, -0.05) is 6.58 Å². The van der Waals surface area contributed by atoms with Crippen molar-refractivity contribution >= 4 is 11.6 Å². The van der Waals surface area contributed by atoms with E-state index < -0.39 is 0 Å². The molecule has 8 nitrogen and oxygen atoms in total. The third kappa shape index (κ3) is 3.23. The highest BCUT2D eigenvalue weighted by molar-refractivity contribution is 5.87. The van der Waals surface area contributed by atoms with Gasteiger partial charge in [0, 0.05) is 38.1 Å². The molecule has 0 atom stereocenters. The van der Waals surface area contributed by atoms with Crippen molar-refractivity contribution in [2.75, 3.05) is 32.1 Å². The molecular weight excluding hydrogens is 322 g/mol. The molecular formula is C17H19N5O3. The lowest BCUT2D eigenvalue weighted by atomic mass is 10.1. The molecule has 0 aromatic carbocycles. The summed E-state index contributed by atoms with van der Waals surface area (Å²) >= 11 is 0. The SMILES string of the molecule is C=CC(=O)N1CC(N(C)c2cc(-c3ccnc(OC)n3)c[nH]c2=O)C1. The van der Waals surface area contributed by atoms with Crippen molar-refractivity contribution in [2.45, 2.75) is 6.04 Å². The van der Waals surface area contributed by atoms with E-state index in [1.54, 1.807) is 29.4 Å². The van der Waals surface area contributed by atoms with Crippen LogP contribution in [0.25, 0.3) is 11.3 Å². The van der Waals surface area contributed by atoms with E-state index in [0.29, 0.717) is 24.5 Å². The molecule has 25 heavy (non-hydrogen) atoms. The van der Waals surface area contributed by atoms with Crippen molar-refractivity contribution in [2.24, 2.45) is 0 Å². The van der Waals surface area contributed by atoms with Crippen LogP contribution in [0.3, 0.4) is 0 Å². The lowest BCUT2D eigenvalue weighted by molar-refractivity contribution is -0.130. The Bertz CT molecular complexity index is 857. The molecule has 1 fully saturated rings. The summed E-state index contributed by atoms with van der Waals surface area (Å²) in [5.74, 6) is -0.0969. The normalized spacial score (nSPS) is 13.9. The molecule has 2 aromatic rings. The maximum absolute atomic E-state index is 12.2. The monoisotopic (exact) mass is 341 g/mol. The zero-order chi connectivity index (χ0) is 18.0. The third-order valence-electron chi connectivity index (χ3n) is 4.27. The number of ether oxygens (including phenoxy) is 1. The number of amides is 1. The second-order valence-electron chi connectivity index (χ2n) is 5.74. The van der Waals surface area contributed by atoms with Crippen LogP contribution in [0.5, 0.6) is 6.01 Å². The molecule has 2 aromatic heterocycles. The molecule has 1 aliphatic rings. The zero-order valence-electron chi connectivity index (χ0n) is 14.1. The summed E-state index contributed by atoms with van der Waals surface area (Å²) in [5, 5.41) is 0. The topological polar surface area (TPSA) is 91.4 Å². The maximum atomic E-state index is 12.2. The molecule has 0 unspecified atom stereocenters. The number of carbonyl (C=O) groups is 1. The van der Waals surface area contributed by atoms with Crippen molar-refractivity contribution < 1.29 is 9.53 Å². The third-order valence-corrected chi connectivity index (χ3v) is 4.27. The molecule has 1 amide bonds. The Labute approximate surface area is 144 Å². The summed E-state index contributed by atoms with van der Waals surface area (Å²) in [7, 11) is 3.34. The van der Waals surface area contributed by atoms with E-state index in [4.69, 9.17) is 4.74 Å². The van der Waals surface area contributed by atoms with Crippen molar-refractivity contribution in [1.82, 2.24) is 19.9 Å². The van der Waals surface area contributed by atoms with Gasteiger partial charge in [-0.25, -0.2) is 4.98 Å². The highest BCUT2D eigenvalue weighted by Gasteiger charge is 2.33. The predicted octanol–water partition coefficient (Wildman–Crippen LogP) is 0.673. The highest BCUT2D eigenvalue weighted by atomic mass is 16.5. The van der Waals surface area contributed by atoms with Crippen LogP contribution in [-0.4, -0.2) is 59.0 Å². The molecule has 1 saturated heterocycles. The van der Waals surface area contributed by atoms with E-state index in [-0.39, 0.29) is 23.5 Å². The minimum absolute atomic E-state index is 0.0835. The second-order valence-corrected chi connectivity index (χ2v) is 5.74. The van der Waals surface area contributed by atoms with Crippen LogP contribution in [0.2, 0.25) is 0 Å². The summed E-state index contributed by atoms with van der Waals surface area (Å²) in [4.78, 5) is 38.4. The van der Waals surface area contributed by atoms with Crippen LogP contribution >= 0.6 is 0 Å². The fraction of sp³-hybridized carbons (Fsp3) is 0.294. The Morgan fingerprint density at radius 3 is 2.96 bits per heavy atom. The van der Waals surface area contributed by atoms with E-state index in [0.717, 1.165) is 5.56 Å². The molecule has 3 heterocycles. The first-order valence-electron chi connectivity index (χ1n) is 7.77. The number of hydrogen-bond donors (Lipinski definition) is 1. The number of rotatable bonds is 5. The second kappa shape index (κ2) is 6.76. The Balaban J connectivity index is 1.84. The van der Waals surface area contributed by atoms with Gasteiger partial charge in [0.25, 0.3) is 5.56 Å². The predicted molar refractivity (Wildman–Crippen MR) is 93.6 cm³/mol. The molecule has 0 radical (unpaired) electrons. The Kier molecular flexibility index (Phi) is 4.51. The highest BCUT2D eigenvalue weighted by Crippen LogP contribution is 2.23. The number of pyridine rings is 1. The van der Waals surface area contributed by atoms with E-state index >= 15 is 0 Å². The number of H-pyrrole nitrogens is 1. The number of carbonyl (C=O) groups excluding carboxylic acids is 1. The van der Waals surface area contributed by atoms with Gasteiger partial charge in [-0.15, -0.1) is 0 Å². The minimum Gasteiger partial charge on any atom is -0.467 e. The average Bonchev–Trinajstić information content (AvgIpc) is 2.60. The fourth-order valence-corrected chi connectivity index (χ4v) is 2.69. The van der Waals surface area contributed by atoms with Gasteiger partial charge in [0.2, 0.25) is 5.91 Å². The van der Waals surface area contributed by atoms with E-state index in [1.807, 2.05) is 11.9 Å². The largest absolute Gasteiger partial charge is 0.467 e. The van der Waals surface area contributed by atoms with Crippen LogP contribution < -0.4 is 15.2 Å². The summed E-state index contributed by atoms with van der Waals surface area (Å²) in [5.41, 5.74) is 1.72. The van der Waals surface area contributed by atoms with Gasteiger partial charge in [0.1, 0.15) is 5.69 Å². The number of hydrogen-bond acceptors (Lipinski definition) is 6. The standard InChI is InChI=1S/C17H19N5O3/c1-4-15(23)22-9-12(10-22)21(2)14-7-11(8-19-16(14)24)13-5-6-18-17(20-13)25-3/h4-8,12H,1,9-10H2,2-3H3,(H,19,24). The number of aromatic nitrogens is 3. The van der Waals surface area contributed by atoms with Crippen LogP contribution in [0.1, 0.15) is 0 Å². The zero-order valence-corrected chi connectivity index (χ0v) is 14.1. The first kappa shape index (κ1) is 16.7. The lowest BCUT2D eigenvalue weighted by Crippen LogP contribution is -2.60. The summed E-state index contributed by atoms with van der Waals surface area (Å²) in [6.45, 7) is 4.61. The Morgan fingerprint density at radius 1 is 1.52 bits per heavy atom. The van der Waals surface area contributed by atoms with Gasteiger partial charge < -0.3 is 19.5 Å². The van der Waals surface area contributed by atoms with Gasteiger partial charge >= 0.3 is 6.01 Å². The number of nitrogens with zero attached hydrogens (tertiary/aromatic N) is 4. The molecule has 1 aliphatic heterocycles. The van der Waals surface area contributed by atoms with Crippen molar-refractivity contribution in [3.8, 4) is 17.3 Å². The van der Waals surface area contributed by atoms with Crippen molar-refractivity contribution in [1.29, 1.82) is 0 Å². The molecule has 0 spiro atoms. The number of likely N-dealkylation sites (N-methyl/N-ethyl adjacent to an activating group) is 1. The summed E-state index contributed by atoms with van der Waals surface area (Å²) in [6, 6.07) is 3.86. The molecule has 0 aliphatic carbocycles. The van der Waals surface area contributed by atoms with Crippen LogP contribution in [0.4, 0.5) is 5.69 Å². The Morgan fingerprint density at radius 2 is 2.28 bits per heavy atom. The number of aromatic amines is 1. The molecule has 8 heteroatoms. The van der Waals surface area contributed by atoms with Gasteiger partial charge in [0.05, 0.1) is 18.8 Å². The van der Waals surface area contributed by atoms with Crippen LogP contribution in [0.15, 0.2) is 42.0 Å². The van der Waals surface area contributed by atoms with E-state index in [9.17, 15) is 9.59 Å².